The number of nitrogens with one attached hydrogen (secondary N) is 10. The predicted octanol–water partition coefficient (Wildman–Crippen LogP) is 12.5. The quantitative estimate of drug-likeness (QED) is 0.00554. The molecule has 0 spiro atoms. The van der Waals surface area contributed by atoms with Crippen molar-refractivity contribution in [2.45, 2.75) is 139 Å². The highest BCUT2D eigenvalue weighted by molar-refractivity contribution is 6.21. The normalized spacial score (nSPS) is 16.1. The van der Waals surface area contributed by atoms with E-state index in [0.29, 0.717) is 217 Å². The van der Waals surface area contributed by atoms with Gasteiger partial charge in [-0.25, -0.2) is 9.59 Å². The number of phenols is 2. The van der Waals surface area contributed by atoms with Crippen molar-refractivity contribution in [1.29, 1.82) is 0 Å². The van der Waals surface area contributed by atoms with Crippen LogP contribution in [0.15, 0.2) is 182 Å². The minimum atomic E-state index is -1.31. The Bertz CT molecular complexity index is 6600. The molecule has 147 heavy (non-hydrogen) atoms. The number of anilines is 4. The first kappa shape index (κ1) is 108. The average Bonchev–Trinajstić information content (AvgIpc) is 1.58. The van der Waals surface area contributed by atoms with E-state index in [1.807, 2.05) is 123 Å². The molecule has 0 saturated heterocycles. The van der Waals surface area contributed by atoms with Gasteiger partial charge in [0.25, 0.3) is 35.4 Å². The number of hydrogen-bond donors (Lipinski definition) is 14. The first-order chi connectivity index (χ1) is 70.7. The van der Waals surface area contributed by atoms with E-state index in [4.69, 9.17) is 55.7 Å². The number of fused-ring (bicyclic) bond motifs is 8. The van der Waals surface area contributed by atoms with Crippen LogP contribution in [0.25, 0.3) is 43.4 Å². The predicted molar refractivity (Wildman–Crippen MR) is 564 cm³/mol. The monoisotopic (exact) mass is 2070 g/mol. The van der Waals surface area contributed by atoms with Gasteiger partial charge in [0.05, 0.1) is 25.5 Å². The number of phenolic OH excluding ortho intramolecular Hbond substituents is 2. The third-order valence-corrected chi connectivity index (χ3v) is 28.7. The number of alkyl halides is 3. The number of halogens is 3. The van der Waals surface area contributed by atoms with Crippen LogP contribution in [-0.2, 0) is 60.4 Å². The van der Waals surface area contributed by atoms with Crippen molar-refractivity contribution in [3.05, 3.63) is 216 Å². The van der Waals surface area contributed by atoms with Crippen molar-refractivity contribution >= 4 is 184 Å². The number of amides is 16. The number of hydrogen-bond acceptors (Lipinski definition) is 19. The molecule has 2 fully saturated rings. The van der Waals surface area contributed by atoms with Crippen molar-refractivity contribution < 1.29 is 91.3 Å². The molecule has 16 N–H and O–H groups in total. The Hall–Kier alpha value is -14.6. The number of nitrogens with zero attached hydrogens (tertiary/aromatic N) is 6. The number of rotatable bonds is 45. The fourth-order valence-corrected chi connectivity index (χ4v) is 19.8. The maximum Gasteiger partial charge on any atom is 0.312 e. The number of quaternary nitrogens is 1. The standard InChI is InChI=1S/C54H62ClN9O9.C28H37ClN6O6.C26H26ClN3O3/c1-64(2,26-27-73-38-17-18-41-35(28-38)29-43(60-41)50(69)63-32-36(31-55)48-40-11-5-4-10-39(40)45(65)30-44(48)63)33-34-13-15-37(16-14-34)59-49(68)42(12-8-24-58-53(56)72)61-52(71)54(21-9-22-54)51(70)57-23-6-3-7-25-62-46(66)19-20-47(62)67;29-18-19-7-9-20(10-8-19)33-24(38)21(6-4-16-32-27(30)41)34-26(40)28(13-5-14-28)25(39)31-15-2-1-3-17-35-22(36)11-12-23(35)37;1-29(2)9-10-33-18-7-8-21-16(11-18)12-22(28-21)26(32)30-15-17(14-27)25-20-6-4-3-5-19(20)24(31)13-23(25)30/h4-5,10-11,13-20,28-30,36,42H,3,6-9,12,21-27,31-33H2,1-2H3,(H7-,56,57,58,59,60,61,65,68,69,70,71,72);7-12,21H,1-6,13-18H2,(H,31,39)(H,33,38)(H,34,40)(H3,30,32,41);3-8,11-13,17,28,31H,9-10,14-15H2,1-2H3/p+1/t36-,42+;21-;17-/m101/s1. The molecule has 2 aliphatic carbocycles. The maximum absolute atomic E-state index is 14.0. The number of carbonyl (C=O) groups excluding carboxylic acids is 14. The van der Waals surface area contributed by atoms with Crippen molar-refractivity contribution in [3.63, 3.8) is 0 Å². The summed E-state index contributed by atoms with van der Waals surface area (Å²) in [7, 11) is 8.20. The van der Waals surface area contributed by atoms with Gasteiger partial charge in [-0.1, -0.05) is 85.6 Å². The Labute approximate surface area is 865 Å². The maximum atomic E-state index is 14.0. The summed E-state index contributed by atoms with van der Waals surface area (Å²) < 4.78 is 12.6. The number of aromatic amines is 2. The lowest BCUT2D eigenvalue weighted by molar-refractivity contribution is -0.903. The molecule has 8 aromatic carbocycles. The van der Waals surface area contributed by atoms with E-state index in [0.717, 1.165) is 77.9 Å². The summed E-state index contributed by atoms with van der Waals surface area (Å²) in [5.74, 6) is -1.74. The van der Waals surface area contributed by atoms with Gasteiger partial charge in [-0.05, 0) is 204 Å². The summed E-state index contributed by atoms with van der Waals surface area (Å²) in [4.78, 5) is 192. The Morgan fingerprint density at radius 1 is 0.476 bits per heavy atom. The second-order valence-corrected chi connectivity index (χ2v) is 39.6. The van der Waals surface area contributed by atoms with Crippen LogP contribution in [0.3, 0.4) is 0 Å². The van der Waals surface area contributed by atoms with Crippen molar-refractivity contribution in [3.8, 4) is 23.0 Å². The van der Waals surface area contributed by atoms with Gasteiger partial charge in [-0.15, -0.1) is 34.8 Å². The van der Waals surface area contributed by atoms with Gasteiger partial charge in [0, 0.05) is 174 Å². The highest BCUT2D eigenvalue weighted by Crippen LogP contribution is 2.49. The summed E-state index contributed by atoms with van der Waals surface area (Å²) in [5, 5.41) is 48.5. The number of unbranched alkanes of at least 4 members (excludes halogenated alkanes) is 4. The van der Waals surface area contributed by atoms with Crippen LogP contribution >= 0.6 is 34.8 Å². The number of urea groups is 2. The third-order valence-electron chi connectivity index (χ3n) is 27.6. The fourth-order valence-electron chi connectivity index (χ4n) is 19.1. The zero-order valence-corrected chi connectivity index (χ0v) is 84.9. The number of primary amides is 2. The van der Waals surface area contributed by atoms with Gasteiger partial charge in [0.15, 0.2) is 0 Å². The van der Waals surface area contributed by atoms with E-state index >= 15 is 0 Å². The number of imide groups is 2. The van der Waals surface area contributed by atoms with E-state index in [9.17, 15) is 77.3 Å². The number of ether oxygens (including phenoxy) is 2. The summed E-state index contributed by atoms with van der Waals surface area (Å²) in [6, 6.07) is 44.8. The molecule has 4 atom stereocenters. The molecule has 4 aliphatic heterocycles. The molecule has 6 aliphatic rings. The van der Waals surface area contributed by atoms with Crippen LogP contribution in [0.1, 0.15) is 158 Å². The van der Waals surface area contributed by atoms with E-state index < -0.39 is 64.5 Å². The van der Waals surface area contributed by atoms with E-state index in [-0.39, 0.29) is 90.6 Å². The molecular weight excluding hydrogens is 1940 g/mol. The molecule has 0 bridgehead atoms. The number of aromatic hydroxyl groups is 2. The SMILES string of the molecule is CN(C)CCOc1ccc2[nH]c(C(=O)N3C[C@@H](CCl)c4c3cc(O)c3ccccc43)cc2c1.C[N+](C)(CCOc1ccc2[nH]c(C(=O)N3C[C@@H](CCl)c4c3cc(O)c3ccccc43)cc2c1)Cc1ccc(NC(=O)[C@H](CCCNC(N)=O)NC(=O)C2(C(=O)NCCCCCN3C(=O)C=CC3=O)CCC2)cc1.NC(=O)NCCC[C@H](NC(=O)C1(C(=O)NCCCCCN2C(=O)C=CC2=O)CCC1)C(=O)Nc1ccc(CCl)cc1. The molecule has 39 heteroatoms. The fraction of sp³-hybridized carbons (Fsp3) is 0.389. The molecule has 36 nitrogen and oxygen atoms in total. The Morgan fingerprint density at radius 2 is 0.871 bits per heavy atom. The van der Waals surface area contributed by atoms with Gasteiger partial charge in [-0.3, -0.25) is 67.3 Å². The molecule has 16 amide bonds. The van der Waals surface area contributed by atoms with Gasteiger partial charge >= 0.3 is 12.1 Å². The Kier molecular flexibility index (Phi) is 36.4. The minimum absolute atomic E-state index is 0.00260. The molecule has 0 unspecified atom stereocenters. The van der Waals surface area contributed by atoms with E-state index in [1.165, 1.54) is 34.1 Å². The average molecular weight is 2070 g/mol. The van der Waals surface area contributed by atoms with Gasteiger partial charge in [0.2, 0.25) is 35.4 Å². The van der Waals surface area contributed by atoms with Gasteiger partial charge in [-0.2, -0.15) is 0 Å². The second-order valence-electron chi connectivity index (χ2n) is 38.7. The summed E-state index contributed by atoms with van der Waals surface area (Å²) in [5.41, 5.74) is 16.6. The highest BCUT2D eigenvalue weighted by atomic mass is 35.5. The molecule has 776 valence electrons. The Balaban J connectivity index is 0.000000193. The molecule has 6 heterocycles. The second kappa shape index (κ2) is 49.5. The number of aromatic nitrogens is 2. The zero-order valence-electron chi connectivity index (χ0n) is 82.7. The van der Waals surface area contributed by atoms with Crippen LogP contribution in [-0.4, -0.2) is 253 Å². The lowest BCUT2D eigenvalue weighted by Gasteiger charge is -2.39. The van der Waals surface area contributed by atoms with Crippen LogP contribution in [0.4, 0.5) is 32.3 Å². The van der Waals surface area contributed by atoms with E-state index in [2.05, 4.69) is 71.5 Å². The minimum Gasteiger partial charge on any atom is -0.507 e. The number of nitrogens with two attached hydrogens (primary N) is 2. The smallest absolute Gasteiger partial charge is 0.312 e. The number of carbonyl (C=O) groups is 14. The number of H-pyrrole nitrogens is 2. The largest absolute Gasteiger partial charge is 0.507 e. The summed E-state index contributed by atoms with van der Waals surface area (Å²) >= 11 is 18.6. The molecule has 2 saturated carbocycles. The lowest BCUT2D eigenvalue weighted by atomic mass is 9.67. The third kappa shape index (κ3) is 26.6. The number of likely N-dealkylation sites (N-methyl/N-ethyl adjacent to an activating group) is 2. The summed E-state index contributed by atoms with van der Waals surface area (Å²) in [6.07, 6.45) is 12.6. The molecule has 0 radical (unpaired) electrons. The topological polar surface area (TPSA) is 494 Å². The lowest BCUT2D eigenvalue weighted by Crippen LogP contribution is -2.58. The van der Waals surface area contributed by atoms with Crippen LogP contribution in [0, 0.1) is 10.8 Å². The summed E-state index contributed by atoms with van der Waals surface area (Å²) in [6.45, 7) is 5.72. The van der Waals surface area contributed by atoms with Crippen molar-refractivity contribution in [2.75, 3.05) is 139 Å². The van der Waals surface area contributed by atoms with Crippen molar-refractivity contribution in [2.24, 2.45) is 22.3 Å². The van der Waals surface area contributed by atoms with Crippen molar-refractivity contribution in [1.82, 2.24) is 56.6 Å². The van der Waals surface area contributed by atoms with E-state index in [1.54, 1.807) is 58.3 Å². The first-order valence-corrected chi connectivity index (χ1v) is 51.2. The highest BCUT2D eigenvalue weighted by Gasteiger charge is 2.53. The zero-order chi connectivity index (χ0) is 105. The first-order valence-electron chi connectivity index (χ1n) is 49.6. The van der Waals surface area contributed by atoms with Crippen LogP contribution in [0.2, 0.25) is 0 Å². The van der Waals surface area contributed by atoms with Crippen LogP contribution < -0.4 is 73.3 Å². The molecule has 10 aromatic rings. The van der Waals surface area contributed by atoms with Crippen LogP contribution in [0.5, 0.6) is 23.0 Å². The molecule has 2 aromatic heterocycles. The van der Waals surface area contributed by atoms with Gasteiger partial charge in [0.1, 0.15) is 83.6 Å². The van der Waals surface area contributed by atoms with Gasteiger partial charge < -0.3 is 103 Å². The molecule has 16 rings (SSSR count). The molecular formula is C108H126Cl3N18O18+. The number of benzene rings is 8. The Morgan fingerprint density at radius 3 is 1.25 bits per heavy atom.